The van der Waals surface area contributed by atoms with E-state index in [0.717, 1.165) is 61.2 Å². The summed E-state index contributed by atoms with van der Waals surface area (Å²) in [4.78, 5) is 4.81. The average Bonchev–Trinajstić information content (AvgIpc) is 2.81. The van der Waals surface area contributed by atoms with Crippen LogP contribution in [0.5, 0.6) is 11.5 Å². The number of hydrogen-bond acceptors (Lipinski definition) is 4. The van der Waals surface area contributed by atoms with Crippen molar-refractivity contribution < 1.29 is 9.47 Å². The third-order valence-electron chi connectivity index (χ3n) is 6.64. The maximum atomic E-state index is 6.03. The fourth-order valence-corrected chi connectivity index (χ4v) is 4.91. The van der Waals surface area contributed by atoms with Crippen LogP contribution in [0.2, 0.25) is 0 Å². The van der Waals surface area contributed by atoms with Gasteiger partial charge in [0, 0.05) is 18.3 Å². The first-order chi connectivity index (χ1) is 15.8. The molecule has 0 unspecified atom stereocenters. The minimum atomic E-state index is 0.429. The van der Waals surface area contributed by atoms with Gasteiger partial charge in [0.15, 0.2) is 16.6 Å². The molecule has 2 aromatic carbocycles. The SMILES string of the molecule is COc1ccc(CCN(C(=S)Nc2c(C)cccc2C(C)C)C2CCN(C)CC2)cc1OC. The van der Waals surface area contributed by atoms with Gasteiger partial charge in [-0.05, 0) is 93.3 Å². The van der Waals surface area contributed by atoms with Gasteiger partial charge in [0.2, 0.25) is 0 Å². The zero-order valence-corrected chi connectivity index (χ0v) is 21.8. The Bertz CT molecular complexity index is 939. The average molecular weight is 470 g/mol. The summed E-state index contributed by atoms with van der Waals surface area (Å²) in [5.74, 6) is 1.95. The molecule has 0 atom stereocenters. The molecule has 1 saturated heterocycles. The fourth-order valence-electron chi connectivity index (χ4n) is 4.56. The Morgan fingerprint density at radius 3 is 2.45 bits per heavy atom. The number of ether oxygens (including phenoxy) is 2. The number of piperidine rings is 1. The highest BCUT2D eigenvalue weighted by Crippen LogP contribution is 2.30. The quantitative estimate of drug-likeness (QED) is 0.517. The van der Waals surface area contributed by atoms with Crippen molar-refractivity contribution in [3.63, 3.8) is 0 Å². The van der Waals surface area contributed by atoms with Crippen molar-refractivity contribution in [1.29, 1.82) is 0 Å². The number of nitrogens with one attached hydrogen (secondary N) is 1. The Morgan fingerprint density at radius 2 is 1.82 bits per heavy atom. The Kier molecular flexibility index (Phi) is 8.98. The Hall–Kier alpha value is -2.31. The van der Waals surface area contributed by atoms with Crippen molar-refractivity contribution in [3.8, 4) is 11.5 Å². The number of anilines is 1. The van der Waals surface area contributed by atoms with Gasteiger partial charge in [0.1, 0.15) is 0 Å². The monoisotopic (exact) mass is 469 g/mol. The van der Waals surface area contributed by atoms with Crippen LogP contribution in [0.1, 0.15) is 49.3 Å². The van der Waals surface area contributed by atoms with Gasteiger partial charge < -0.3 is 24.6 Å². The fraction of sp³-hybridized carbons (Fsp3) is 0.519. The van der Waals surface area contributed by atoms with Crippen molar-refractivity contribution in [3.05, 3.63) is 53.1 Å². The minimum Gasteiger partial charge on any atom is -0.493 e. The van der Waals surface area contributed by atoms with E-state index < -0.39 is 0 Å². The van der Waals surface area contributed by atoms with E-state index in [-0.39, 0.29) is 0 Å². The third kappa shape index (κ3) is 6.39. The van der Waals surface area contributed by atoms with Gasteiger partial charge in [-0.1, -0.05) is 38.1 Å². The Labute approximate surface area is 205 Å². The van der Waals surface area contributed by atoms with Crippen LogP contribution in [-0.4, -0.2) is 61.9 Å². The zero-order valence-electron chi connectivity index (χ0n) is 21.0. The number of hydrogen-bond donors (Lipinski definition) is 1. The Morgan fingerprint density at radius 1 is 1.12 bits per heavy atom. The molecule has 3 rings (SSSR count). The van der Waals surface area contributed by atoms with Crippen molar-refractivity contribution >= 4 is 23.0 Å². The van der Waals surface area contributed by atoms with Gasteiger partial charge in [-0.3, -0.25) is 0 Å². The second kappa shape index (κ2) is 11.7. The maximum absolute atomic E-state index is 6.03. The van der Waals surface area contributed by atoms with Crippen LogP contribution >= 0.6 is 12.2 Å². The molecular weight excluding hydrogens is 430 g/mol. The molecule has 5 nitrogen and oxygen atoms in total. The van der Waals surface area contributed by atoms with E-state index in [2.05, 4.69) is 73.3 Å². The predicted octanol–water partition coefficient (Wildman–Crippen LogP) is 5.47. The van der Waals surface area contributed by atoms with Crippen LogP contribution in [0.15, 0.2) is 36.4 Å². The second-order valence-corrected chi connectivity index (χ2v) is 9.68. The number of methoxy groups -OCH3 is 2. The molecule has 0 amide bonds. The standard InChI is InChI=1S/C27H39N3O2S/c1-19(2)23-9-7-8-20(3)26(23)28-27(33)30(22-13-15-29(4)16-14-22)17-12-21-10-11-24(31-5)25(18-21)32-6/h7-11,18-19,22H,12-17H2,1-6H3,(H,28,33). The summed E-state index contributed by atoms with van der Waals surface area (Å²) in [5.41, 5.74) is 4.90. The molecule has 0 spiro atoms. The molecule has 0 aromatic heterocycles. The van der Waals surface area contributed by atoms with Crippen LogP contribution in [0.25, 0.3) is 0 Å². The van der Waals surface area contributed by atoms with E-state index in [1.807, 2.05) is 6.07 Å². The molecule has 33 heavy (non-hydrogen) atoms. The third-order valence-corrected chi connectivity index (χ3v) is 6.97. The summed E-state index contributed by atoms with van der Waals surface area (Å²) in [5, 5.41) is 4.47. The van der Waals surface area contributed by atoms with Crippen LogP contribution in [0.4, 0.5) is 5.69 Å². The van der Waals surface area contributed by atoms with Gasteiger partial charge in [0.05, 0.1) is 14.2 Å². The lowest BCUT2D eigenvalue weighted by Crippen LogP contribution is -2.48. The number of aryl methyl sites for hydroxylation is 1. The molecule has 0 radical (unpaired) electrons. The van der Waals surface area contributed by atoms with Gasteiger partial charge in [-0.15, -0.1) is 0 Å². The highest BCUT2D eigenvalue weighted by Gasteiger charge is 2.26. The molecule has 0 bridgehead atoms. The van der Waals surface area contributed by atoms with Gasteiger partial charge in [-0.2, -0.15) is 0 Å². The molecule has 1 fully saturated rings. The van der Waals surface area contributed by atoms with Crippen LogP contribution < -0.4 is 14.8 Å². The summed E-state index contributed by atoms with van der Waals surface area (Å²) in [6, 6.07) is 13.1. The normalized spacial score (nSPS) is 14.9. The van der Waals surface area contributed by atoms with E-state index in [0.29, 0.717) is 12.0 Å². The van der Waals surface area contributed by atoms with E-state index in [1.165, 1.54) is 16.7 Å². The van der Waals surface area contributed by atoms with Crippen molar-refractivity contribution in [2.45, 2.75) is 52.0 Å². The predicted molar refractivity (Wildman–Crippen MR) is 142 cm³/mol. The number of benzene rings is 2. The van der Waals surface area contributed by atoms with Gasteiger partial charge in [-0.25, -0.2) is 0 Å². The number of likely N-dealkylation sites (tertiary alicyclic amines) is 1. The zero-order chi connectivity index (χ0) is 24.0. The summed E-state index contributed by atoms with van der Waals surface area (Å²) in [6.07, 6.45) is 3.13. The molecular formula is C27H39N3O2S. The highest BCUT2D eigenvalue weighted by molar-refractivity contribution is 7.80. The Balaban J connectivity index is 1.81. The number of rotatable bonds is 8. The first-order valence-corrected chi connectivity index (χ1v) is 12.3. The number of para-hydroxylation sites is 1. The largest absolute Gasteiger partial charge is 0.493 e. The number of thiocarbonyl (C=S) groups is 1. The lowest BCUT2D eigenvalue weighted by atomic mass is 9.98. The van der Waals surface area contributed by atoms with Gasteiger partial charge in [0.25, 0.3) is 0 Å². The van der Waals surface area contributed by atoms with Gasteiger partial charge >= 0.3 is 0 Å². The van der Waals surface area contributed by atoms with Crippen molar-refractivity contribution in [1.82, 2.24) is 9.80 Å². The summed E-state index contributed by atoms with van der Waals surface area (Å²) in [7, 11) is 5.55. The van der Waals surface area contributed by atoms with E-state index in [1.54, 1.807) is 14.2 Å². The summed E-state index contributed by atoms with van der Waals surface area (Å²) >= 11 is 6.03. The smallest absolute Gasteiger partial charge is 0.173 e. The molecule has 1 aliphatic heterocycles. The van der Waals surface area contributed by atoms with Crippen molar-refractivity contribution in [2.24, 2.45) is 0 Å². The molecule has 1 N–H and O–H groups in total. The first kappa shape index (κ1) is 25.3. The first-order valence-electron chi connectivity index (χ1n) is 11.9. The van der Waals surface area contributed by atoms with E-state index in [4.69, 9.17) is 21.7 Å². The van der Waals surface area contributed by atoms with Crippen LogP contribution in [0, 0.1) is 6.92 Å². The molecule has 6 heteroatoms. The lowest BCUT2D eigenvalue weighted by Gasteiger charge is -2.39. The number of nitrogens with zero attached hydrogens (tertiary/aromatic N) is 2. The minimum absolute atomic E-state index is 0.429. The molecule has 0 saturated carbocycles. The van der Waals surface area contributed by atoms with E-state index >= 15 is 0 Å². The summed E-state index contributed by atoms with van der Waals surface area (Å²) in [6.45, 7) is 9.67. The molecule has 0 aliphatic carbocycles. The topological polar surface area (TPSA) is 37.0 Å². The van der Waals surface area contributed by atoms with Crippen LogP contribution in [0.3, 0.4) is 0 Å². The molecule has 2 aromatic rings. The van der Waals surface area contributed by atoms with E-state index in [9.17, 15) is 0 Å². The lowest BCUT2D eigenvalue weighted by molar-refractivity contribution is 0.178. The molecule has 180 valence electrons. The maximum Gasteiger partial charge on any atom is 0.173 e. The highest BCUT2D eigenvalue weighted by atomic mass is 32.1. The van der Waals surface area contributed by atoms with Crippen LogP contribution in [-0.2, 0) is 6.42 Å². The second-order valence-electron chi connectivity index (χ2n) is 9.29. The molecule has 1 heterocycles. The van der Waals surface area contributed by atoms with Crippen molar-refractivity contribution in [2.75, 3.05) is 46.2 Å². The molecule has 1 aliphatic rings. The summed E-state index contributed by atoms with van der Waals surface area (Å²) < 4.78 is 10.9.